The topological polar surface area (TPSA) is 111 Å². The number of aromatic nitrogens is 5. The van der Waals surface area contributed by atoms with Crippen LogP contribution < -0.4 is 11.1 Å². The normalized spacial score (nSPS) is 10.9. The fourth-order valence-corrected chi connectivity index (χ4v) is 3.08. The molecule has 3 N–H and O–H groups in total. The Hall–Kier alpha value is -3.81. The van der Waals surface area contributed by atoms with Crippen molar-refractivity contribution in [2.75, 3.05) is 5.32 Å². The van der Waals surface area contributed by atoms with Crippen molar-refractivity contribution < 1.29 is 4.79 Å². The molecule has 4 rings (SSSR count). The number of hydrogen-bond acceptors (Lipinski definition) is 6. The lowest BCUT2D eigenvalue weighted by Gasteiger charge is -2.09. The van der Waals surface area contributed by atoms with Crippen LogP contribution >= 0.6 is 0 Å². The van der Waals surface area contributed by atoms with E-state index in [4.69, 9.17) is 5.73 Å². The van der Waals surface area contributed by atoms with E-state index < -0.39 is 5.91 Å². The lowest BCUT2D eigenvalue weighted by molar-refractivity contribution is 0.0993. The fraction of sp³-hybridized carbons (Fsp3) is 0.150. The molecule has 0 saturated carbocycles. The van der Waals surface area contributed by atoms with E-state index in [9.17, 15) is 4.79 Å². The predicted octanol–water partition coefficient (Wildman–Crippen LogP) is 2.51. The molecule has 1 aromatic carbocycles. The lowest BCUT2D eigenvalue weighted by atomic mass is 10.2. The zero-order valence-electron chi connectivity index (χ0n) is 15.5. The molecule has 0 aliphatic heterocycles. The smallest absolute Gasteiger partial charge is 0.267 e. The molecule has 1 amide bonds. The molecule has 3 heterocycles. The first-order valence-electron chi connectivity index (χ1n) is 8.82. The third-order valence-electron chi connectivity index (χ3n) is 4.47. The van der Waals surface area contributed by atoms with Crippen LogP contribution in [-0.4, -0.2) is 30.7 Å². The van der Waals surface area contributed by atoms with E-state index in [2.05, 4.69) is 25.6 Å². The highest BCUT2D eigenvalue weighted by molar-refractivity contribution is 5.93. The number of fused-ring (bicyclic) bond motifs is 1. The van der Waals surface area contributed by atoms with Gasteiger partial charge in [0.25, 0.3) is 5.91 Å². The minimum absolute atomic E-state index is 0.300. The summed E-state index contributed by atoms with van der Waals surface area (Å²) in [7, 11) is 0. The Kier molecular flexibility index (Phi) is 4.44. The van der Waals surface area contributed by atoms with E-state index in [1.807, 2.05) is 50.2 Å². The number of aryl methyl sites for hydroxylation is 2. The van der Waals surface area contributed by atoms with Gasteiger partial charge in [-0.05, 0) is 31.5 Å². The Balaban J connectivity index is 1.75. The van der Waals surface area contributed by atoms with Gasteiger partial charge in [-0.2, -0.15) is 5.10 Å². The van der Waals surface area contributed by atoms with E-state index in [0.29, 0.717) is 40.8 Å². The van der Waals surface area contributed by atoms with E-state index in [0.717, 1.165) is 11.1 Å². The molecule has 0 saturated heterocycles. The molecule has 4 aromatic rings. The maximum Gasteiger partial charge on any atom is 0.267 e. The van der Waals surface area contributed by atoms with Gasteiger partial charge in [0.15, 0.2) is 11.6 Å². The number of carbonyl (C=O) groups excluding carboxylic acids is 1. The molecule has 28 heavy (non-hydrogen) atoms. The number of hydrogen-bond donors (Lipinski definition) is 2. The fourth-order valence-electron chi connectivity index (χ4n) is 3.08. The monoisotopic (exact) mass is 373 g/mol. The van der Waals surface area contributed by atoms with Gasteiger partial charge in [-0.25, -0.2) is 9.50 Å². The summed E-state index contributed by atoms with van der Waals surface area (Å²) >= 11 is 0. The van der Waals surface area contributed by atoms with Crippen molar-refractivity contribution in [2.24, 2.45) is 5.73 Å². The van der Waals surface area contributed by atoms with Crippen LogP contribution in [0.25, 0.3) is 16.9 Å². The van der Waals surface area contributed by atoms with E-state index in [-0.39, 0.29) is 0 Å². The molecule has 0 fully saturated rings. The van der Waals surface area contributed by atoms with Gasteiger partial charge in [-0.1, -0.05) is 36.4 Å². The van der Waals surface area contributed by atoms with Gasteiger partial charge >= 0.3 is 0 Å². The molecule has 0 radical (unpaired) electrons. The second-order valence-corrected chi connectivity index (χ2v) is 6.44. The molecular formula is C20H19N7O. The number of primary amides is 1. The number of nitrogens with two attached hydrogens (primary N) is 1. The summed E-state index contributed by atoms with van der Waals surface area (Å²) in [6, 6.07) is 15.3. The van der Waals surface area contributed by atoms with Gasteiger partial charge in [0.2, 0.25) is 0 Å². The molecule has 3 aromatic heterocycles. The van der Waals surface area contributed by atoms with E-state index >= 15 is 0 Å². The molecule has 0 spiro atoms. The number of nitrogens with zero attached hydrogens (tertiary/aromatic N) is 5. The van der Waals surface area contributed by atoms with Gasteiger partial charge < -0.3 is 11.1 Å². The molecule has 8 nitrogen and oxygen atoms in total. The number of rotatable bonds is 5. The standard InChI is InChI=1S/C20H19N7O/c1-12-17(15-9-6-10-16(18(21)28)27(15)26-12)20-23-19(13(2)24-25-20)22-11-14-7-4-3-5-8-14/h3-10H,11H2,1-2H3,(H2,21,28)(H,22,23,25). The maximum absolute atomic E-state index is 11.7. The highest BCUT2D eigenvalue weighted by atomic mass is 16.1. The van der Waals surface area contributed by atoms with Crippen LogP contribution in [0.4, 0.5) is 5.82 Å². The van der Waals surface area contributed by atoms with Crippen molar-refractivity contribution >= 4 is 17.2 Å². The first-order valence-corrected chi connectivity index (χ1v) is 8.82. The first-order chi connectivity index (χ1) is 13.5. The van der Waals surface area contributed by atoms with Gasteiger partial charge in [0.05, 0.1) is 16.8 Å². The number of amides is 1. The Labute approximate surface area is 161 Å². The van der Waals surface area contributed by atoms with Crippen LogP contribution in [0.15, 0.2) is 48.5 Å². The van der Waals surface area contributed by atoms with E-state index in [1.54, 1.807) is 12.1 Å². The summed E-state index contributed by atoms with van der Waals surface area (Å²) in [6.07, 6.45) is 0. The van der Waals surface area contributed by atoms with E-state index in [1.165, 1.54) is 4.52 Å². The van der Waals surface area contributed by atoms with Gasteiger partial charge in [-0.3, -0.25) is 4.79 Å². The molecule has 0 atom stereocenters. The largest absolute Gasteiger partial charge is 0.364 e. The van der Waals surface area contributed by atoms with Crippen LogP contribution in [0.1, 0.15) is 27.4 Å². The molecule has 0 aliphatic carbocycles. The molecule has 8 heteroatoms. The highest BCUT2D eigenvalue weighted by Crippen LogP contribution is 2.27. The molecule has 140 valence electrons. The van der Waals surface area contributed by atoms with Crippen molar-refractivity contribution in [2.45, 2.75) is 20.4 Å². The van der Waals surface area contributed by atoms with Gasteiger partial charge in [-0.15, -0.1) is 10.2 Å². The van der Waals surface area contributed by atoms with Crippen LogP contribution in [0.2, 0.25) is 0 Å². The molecule has 0 bridgehead atoms. The second-order valence-electron chi connectivity index (χ2n) is 6.44. The number of anilines is 1. The minimum atomic E-state index is -0.548. The van der Waals surface area contributed by atoms with Crippen LogP contribution in [0.5, 0.6) is 0 Å². The SMILES string of the molecule is Cc1nnc(-c2c(C)nn3c(C(N)=O)cccc23)nc1NCc1ccccc1. The lowest BCUT2D eigenvalue weighted by Crippen LogP contribution is -2.15. The highest BCUT2D eigenvalue weighted by Gasteiger charge is 2.19. The number of carbonyl (C=O) groups is 1. The molecule has 0 unspecified atom stereocenters. The summed E-state index contributed by atoms with van der Waals surface area (Å²) in [5, 5.41) is 16.3. The summed E-state index contributed by atoms with van der Waals surface area (Å²) in [5.41, 5.74) is 9.71. The van der Waals surface area contributed by atoms with Crippen LogP contribution in [0.3, 0.4) is 0 Å². The van der Waals surface area contributed by atoms with Crippen molar-refractivity contribution in [1.29, 1.82) is 0 Å². The zero-order chi connectivity index (χ0) is 19.7. The summed E-state index contributed by atoms with van der Waals surface area (Å²) < 4.78 is 1.52. The van der Waals surface area contributed by atoms with Gasteiger partial charge in [0, 0.05) is 6.54 Å². The minimum Gasteiger partial charge on any atom is -0.364 e. The Morgan fingerprint density at radius 3 is 2.57 bits per heavy atom. The van der Waals surface area contributed by atoms with Crippen LogP contribution in [-0.2, 0) is 6.54 Å². The summed E-state index contributed by atoms with van der Waals surface area (Å²) in [5.74, 6) is 0.543. The average molecular weight is 373 g/mol. The predicted molar refractivity (Wildman–Crippen MR) is 106 cm³/mol. The first kappa shape index (κ1) is 17.6. The Morgan fingerprint density at radius 1 is 1.04 bits per heavy atom. The van der Waals surface area contributed by atoms with Gasteiger partial charge in [0.1, 0.15) is 11.4 Å². The second kappa shape index (κ2) is 7.07. The quantitative estimate of drug-likeness (QED) is 0.556. The van der Waals surface area contributed by atoms with Crippen molar-refractivity contribution in [1.82, 2.24) is 24.8 Å². The average Bonchev–Trinajstić information content (AvgIpc) is 3.04. The van der Waals surface area contributed by atoms with Crippen molar-refractivity contribution in [3.63, 3.8) is 0 Å². The third-order valence-corrected chi connectivity index (χ3v) is 4.47. The number of nitrogens with one attached hydrogen (secondary N) is 1. The third kappa shape index (κ3) is 3.16. The molecular weight excluding hydrogens is 354 g/mol. The summed E-state index contributed by atoms with van der Waals surface area (Å²) in [6.45, 7) is 4.32. The van der Waals surface area contributed by atoms with Crippen LogP contribution in [0, 0.1) is 13.8 Å². The maximum atomic E-state index is 11.7. The zero-order valence-corrected chi connectivity index (χ0v) is 15.5. The number of pyridine rings is 1. The van der Waals surface area contributed by atoms with Crippen molar-refractivity contribution in [3.8, 4) is 11.4 Å². The Morgan fingerprint density at radius 2 is 1.82 bits per heavy atom. The number of benzene rings is 1. The Bertz CT molecular complexity index is 1170. The van der Waals surface area contributed by atoms with Crippen molar-refractivity contribution in [3.05, 3.63) is 71.2 Å². The molecule has 0 aliphatic rings. The summed E-state index contributed by atoms with van der Waals surface area (Å²) in [4.78, 5) is 16.4.